The molecule has 1 aliphatic rings. The molecule has 0 aromatic rings. The lowest BCUT2D eigenvalue weighted by Gasteiger charge is -2.10. The summed E-state index contributed by atoms with van der Waals surface area (Å²) in [5.74, 6) is -0.924. The molecule has 0 amide bonds. The predicted molar refractivity (Wildman–Crippen MR) is 41.7 cm³/mol. The van der Waals surface area contributed by atoms with E-state index in [4.69, 9.17) is 14.6 Å². The Balaban J connectivity index is 2.72. The van der Waals surface area contributed by atoms with E-state index in [2.05, 4.69) is 0 Å². The lowest BCUT2D eigenvalue weighted by molar-refractivity contribution is -0.132. The van der Waals surface area contributed by atoms with Gasteiger partial charge in [-0.05, 0) is 19.4 Å². The van der Waals surface area contributed by atoms with Crippen molar-refractivity contribution in [3.8, 4) is 0 Å². The van der Waals surface area contributed by atoms with Crippen molar-refractivity contribution in [3.63, 3.8) is 0 Å². The third-order valence-corrected chi connectivity index (χ3v) is 1.89. The van der Waals surface area contributed by atoms with E-state index in [1.54, 1.807) is 13.8 Å². The van der Waals surface area contributed by atoms with Gasteiger partial charge in [-0.25, -0.2) is 4.79 Å². The highest BCUT2D eigenvalue weighted by Crippen LogP contribution is 2.16. The van der Waals surface area contributed by atoms with Crippen LogP contribution in [0, 0.1) is 0 Å². The molecule has 68 valence electrons. The maximum atomic E-state index is 10.5. The lowest BCUT2D eigenvalue weighted by Crippen LogP contribution is -2.13. The predicted octanol–water partition coefficient (Wildman–Crippen LogP) is 0.780. The number of aliphatic carboxylic acids is 1. The van der Waals surface area contributed by atoms with Crippen molar-refractivity contribution < 1.29 is 19.4 Å². The molecule has 1 fully saturated rings. The second-order valence-corrected chi connectivity index (χ2v) is 2.69. The van der Waals surface area contributed by atoms with Crippen LogP contribution in [0.5, 0.6) is 0 Å². The number of rotatable bonds is 2. The van der Waals surface area contributed by atoms with Crippen LogP contribution in [-0.4, -0.2) is 30.6 Å². The Hall–Kier alpha value is -0.870. The second kappa shape index (κ2) is 3.69. The summed E-state index contributed by atoms with van der Waals surface area (Å²) in [5.41, 5.74) is 0.932. The fourth-order valence-corrected chi connectivity index (χ4v) is 0.954. The van der Waals surface area contributed by atoms with E-state index in [0.717, 1.165) is 0 Å². The Morgan fingerprint density at radius 1 is 1.33 bits per heavy atom. The van der Waals surface area contributed by atoms with Crippen molar-refractivity contribution in [2.24, 2.45) is 0 Å². The highest BCUT2D eigenvalue weighted by Gasteiger charge is 2.21. The number of ether oxygens (including phenoxy) is 2. The molecule has 4 heteroatoms. The van der Waals surface area contributed by atoms with Gasteiger partial charge >= 0.3 is 5.97 Å². The van der Waals surface area contributed by atoms with E-state index >= 15 is 0 Å². The minimum atomic E-state index is -0.924. The molecule has 12 heavy (non-hydrogen) atoms. The molecule has 1 aliphatic heterocycles. The minimum absolute atomic E-state index is 0.293. The van der Waals surface area contributed by atoms with Gasteiger partial charge in [-0.1, -0.05) is 0 Å². The van der Waals surface area contributed by atoms with Crippen LogP contribution >= 0.6 is 0 Å². The molecule has 1 heterocycles. The van der Waals surface area contributed by atoms with Crippen LogP contribution in [-0.2, 0) is 14.3 Å². The first-order chi connectivity index (χ1) is 5.63. The van der Waals surface area contributed by atoms with Crippen LogP contribution in [0.15, 0.2) is 11.1 Å². The Morgan fingerprint density at radius 3 is 2.25 bits per heavy atom. The molecule has 0 spiro atoms. The minimum Gasteiger partial charge on any atom is -0.478 e. The van der Waals surface area contributed by atoms with Crippen LogP contribution in [0.4, 0.5) is 0 Å². The molecule has 0 bridgehead atoms. The zero-order chi connectivity index (χ0) is 9.14. The van der Waals surface area contributed by atoms with Crippen molar-refractivity contribution >= 4 is 5.97 Å². The lowest BCUT2D eigenvalue weighted by atomic mass is 10.1. The van der Waals surface area contributed by atoms with Gasteiger partial charge in [0.1, 0.15) is 0 Å². The molecule has 1 N–H and O–H groups in total. The van der Waals surface area contributed by atoms with Crippen LogP contribution in [0.25, 0.3) is 0 Å². The maximum absolute atomic E-state index is 10.5. The zero-order valence-electron chi connectivity index (χ0n) is 7.16. The summed E-state index contributed by atoms with van der Waals surface area (Å²) in [6.07, 6.45) is -0.457. The molecule has 0 aromatic heterocycles. The van der Waals surface area contributed by atoms with Gasteiger partial charge in [-0.15, -0.1) is 0 Å². The van der Waals surface area contributed by atoms with Gasteiger partial charge < -0.3 is 14.6 Å². The number of carbonyl (C=O) groups is 1. The van der Waals surface area contributed by atoms with Crippen LogP contribution in [0.3, 0.4) is 0 Å². The zero-order valence-corrected chi connectivity index (χ0v) is 7.16. The highest BCUT2D eigenvalue weighted by atomic mass is 16.7. The molecule has 0 aliphatic carbocycles. The number of carboxylic acids is 1. The second-order valence-electron chi connectivity index (χ2n) is 2.69. The largest absolute Gasteiger partial charge is 0.478 e. The van der Waals surface area contributed by atoms with Gasteiger partial charge in [0.25, 0.3) is 0 Å². The Morgan fingerprint density at radius 2 is 1.83 bits per heavy atom. The van der Waals surface area contributed by atoms with Crippen LogP contribution in [0.2, 0.25) is 0 Å². The van der Waals surface area contributed by atoms with Crippen molar-refractivity contribution in [2.75, 3.05) is 13.2 Å². The summed E-state index contributed by atoms with van der Waals surface area (Å²) < 4.78 is 10.3. The van der Waals surface area contributed by atoms with Crippen LogP contribution in [0.1, 0.15) is 13.8 Å². The molecular formula is C8H12O4. The SMILES string of the molecule is CC(C(=O)O)=C(C)C1OCCO1. The standard InChI is InChI=1S/C8H12O4/c1-5(7(9)10)6(2)8-11-3-4-12-8/h8H,3-4H2,1-2H3,(H,9,10). The quantitative estimate of drug-likeness (QED) is 0.625. The molecule has 1 rings (SSSR count). The number of carboxylic acid groups (broad SMARTS) is 1. The maximum Gasteiger partial charge on any atom is 0.331 e. The fraction of sp³-hybridized carbons (Fsp3) is 0.625. The molecule has 0 aromatic carbocycles. The van der Waals surface area contributed by atoms with Crippen molar-refractivity contribution in [3.05, 3.63) is 11.1 Å². The van der Waals surface area contributed by atoms with Gasteiger partial charge in [0.05, 0.1) is 13.2 Å². The highest BCUT2D eigenvalue weighted by molar-refractivity contribution is 5.86. The monoisotopic (exact) mass is 172 g/mol. The fourth-order valence-electron chi connectivity index (χ4n) is 0.954. The van der Waals surface area contributed by atoms with Crippen molar-refractivity contribution in [1.29, 1.82) is 0 Å². The Bertz CT molecular complexity index is 213. The average Bonchev–Trinajstić information content (AvgIpc) is 2.53. The average molecular weight is 172 g/mol. The summed E-state index contributed by atoms with van der Waals surface area (Å²) in [5, 5.41) is 8.64. The van der Waals surface area contributed by atoms with Gasteiger partial charge in [0, 0.05) is 5.57 Å². The van der Waals surface area contributed by atoms with E-state index in [1.807, 2.05) is 0 Å². The van der Waals surface area contributed by atoms with Gasteiger partial charge in [-0.3, -0.25) is 0 Å². The smallest absolute Gasteiger partial charge is 0.331 e. The van der Waals surface area contributed by atoms with E-state index < -0.39 is 12.3 Å². The van der Waals surface area contributed by atoms with Gasteiger partial charge in [-0.2, -0.15) is 0 Å². The van der Waals surface area contributed by atoms with E-state index in [9.17, 15) is 4.79 Å². The molecule has 0 atom stereocenters. The van der Waals surface area contributed by atoms with E-state index in [0.29, 0.717) is 24.4 Å². The summed E-state index contributed by atoms with van der Waals surface area (Å²) in [7, 11) is 0. The first-order valence-electron chi connectivity index (χ1n) is 3.77. The van der Waals surface area contributed by atoms with Crippen molar-refractivity contribution in [2.45, 2.75) is 20.1 Å². The van der Waals surface area contributed by atoms with Gasteiger partial charge in [0.15, 0.2) is 6.29 Å². The molecule has 4 nitrogen and oxygen atoms in total. The molecule has 0 unspecified atom stereocenters. The molecule has 1 saturated heterocycles. The first kappa shape index (κ1) is 9.22. The number of hydrogen-bond acceptors (Lipinski definition) is 3. The van der Waals surface area contributed by atoms with Gasteiger partial charge in [0.2, 0.25) is 0 Å². The molecule has 0 radical (unpaired) electrons. The summed E-state index contributed by atoms with van der Waals surface area (Å²) >= 11 is 0. The normalized spacial score (nSPS) is 20.8. The molecular weight excluding hydrogens is 160 g/mol. The summed E-state index contributed by atoms with van der Waals surface area (Å²) in [6.45, 7) is 4.33. The summed E-state index contributed by atoms with van der Waals surface area (Å²) in [6, 6.07) is 0. The third-order valence-electron chi connectivity index (χ3n) is 1.89. The van der Waals surface area contributed by atoms with E-state index in [1.165, 1.54) is 0 Å². The molecule has 0 saturated carbocycles. The topological polar surface area (TPSA) is 55.8 Å². The van der Waals surface area contributed by atoms with E-state index in [-0.39, 0.29) is 0 Å². The first-order valence-corrected chi connectivity index (χ1v) is 3.77. The summed E-state index contributed by atoms with van der Waals surface area (Å²) in [4.78, 5) is 10.5. The Labute approximate surface area is 70.8 Å². The van der Waals surface area contributed by atoms with Crippen molar-refractivity contribution in [1.82, 2.24) is 0 Å². The Kier molecular flexibility index (Phi) is 2.83. The number of hydrogen-bond donors (Lipinski definition) is 1. The van der Waals surface area contributed by atoms with Crippen LogP contribution < -0.4 is 0 Å². The third kappa shape index (κ3) is 1.84.